The minimum atomic E-state index is -0.112. The lowest BCUT2D eigenvalue weighted by Crippen LogP contribution is -2.23. The summed E-state index contributed by atoms with van der Waals surface area (Å²) in [6.45, 7) is 2.45. The monoisotopic (exact) mass is 309 g/mol. The molecule has 2 N–H and O–H groups in total. The van der Waals surface area contributed by atoms with E-state index in [0.717, 1.165) is 29.7 Å². The number of H-pyrrole nitrogens is 1. The number of nitrogens with one attached hydrogen (secondary N) is 2. The normalized spacial score (nSPS) is 14.2. The minimum Gasteiger partial charge on any atom is -0.351 e. The van der Waals surface area contributed by atoms with Gasteiger partial charge in [0.2, 0.25) is 11.7 Å². The van der Waals surface area contributed by atoms with E-state index < -0.39 is 0 Å². The molecule has 23 heavy (non-hydrogen) atoms. The minimum absolute atomic E-state index is 0.112. The summed E-state index contributed by atoms with van der Waals surface area (Å²) in [6.07, 6.45) is 1.73. The number of carbonyl (C=O) groups is 1. The summed E-state index contributed by atoms with van der Waals surface area (Å²) in [5.41, 5.74) is 3.18. The lowest BCUT2D eigenvalue weighted by molar-refractivity contribution is 0.0951. The van der Waals surface area contributed by atoms with Crippen LogP contribution < -0.4 is 5.32 Å². The van der Waals surface area contributed by atoms with Crippen LogP contribution in [0.5, 0.6) is 0 Å². The molecule has 1 aliphatic heterocycles. The average Bonchev–Trinajstić information content (AvgIpc) is 3.14. The molecular weight excluding hydrogens is 294 g/mol. The quantitative estimate of drug-likeness (QED) is 0.755. The molecular formula is C16H15N5O2. The van der Waals surface area contributed by atoms with Crippen molar-refractivity contribution in [2.75, 3.05) is 6.54 Å². The molecule has 3 aromatic rings. The van der Waals surface area contributed by atoms with E-state index in [4.69, 9.17) is 4.52 Å². The fourth-order valence-corrected chi connectivity index (χ4v) is 2.66. The number of hydrogen-bond donors (Lipinski definition) is 2. The fraction of sp³-hybridized carbons (Fsp3) is 0.250. The van der Waals surface area contributed by atoms with E-state index in [1.54, 1.807) is 6.92 Å². The molecule has 0 saturated carbocycles. The van der Waals surface area contributed by atoms with Crippen molar-refractivity contribution in [3.05, 3.63) is 41.5 Å². The Kier molecular flexibility index (Phi) is 3.18. The number of nitrogens with zero attached hydrogens (tertiary/aromatic N) is 3. The number of amides is 1. The van der Waals surface area contributed by atoms with Crippen LogP contribution in [-0.2, 0) is 6.42 Å². The second kappa shape index (κ2) is 5.35. The van der Waals surface area contributed by atoms with Crippen molar-refractivity contribution in [3.63, 3.8) is 0 Å². The van der Waals surface area contributed by atoms with Crippen molar-refractivity contribution in [1.29, 1.82) is 0 Å². The molecule has 0 spiro atoms. The third-order valence-corrected chi connectivity index (χ3v) is 3.83. The summed E-state index contributed by atoms with van der Waals surface area (Å²) >= 11 is 0. The first-order valence-electron chi connectivity index (χ1n) is 7.49. The van der Waals surface area contributed by atoms with Gasteiger partial charge in [-0.05, 0) is 12.8 Å². The van der Waals surface area contributed by atoms with E-state index in [1.165, 1.54) is 0 Å². The number of aryl methyl sites for hydroxylation is 2. The Morgan fingerprint density at radius 3 is 2.65 bits per heavy atom. The summed E-state index contributed by atoms with van der Waals surface area (Å²) in [5.74, 6) is 1.68. The van der Waals surface area contributed by atoms with Crippen LogP contribution >= 0.6 is 0 Å². The molecule has 1 aromatic carbocycles. The largest absolute Gasteiger partial charge is 0.351 e. The number of rotatable bonds is 2. The second-order valence-electron chi connectivity index (χ2n) is 5.49. The van der Waals surface area contributed by atoms with Crippen LogP contribution in [0.2, 0.25) is 0 Å². The van der Waals surface area contributed by atoms with E-state index in [1.807, 2.05) is 24.3 Å². The number of imidazole rings is 1. The maximum atomic E-state index is 12.0. The van der Waals surface area contributed by atoms with Crippen molar-refractivity contribution in [2.24, 2.45) is 0 Å². The van der Waals surface area contributed by atoms with Gasteiger partial charge in [-0.2, -0.15) is 4.98 Å². The highest BCUT2D eigenvalue weighted by Crippen LogP contribution is 2.23. The van der Waals surface area contributed by atoms with Gasteiger partial charge in [0.1, 0.15) is 11.5 Å². The van der Waals surface area contributed by atoms with Crippen LogP contribution in [-0.4, -0.2) is 32.6 Å². The van der Waals surface area contributed by atoms with Gasteiger partial charge in [0.05, 0.1) is 0 Å². The van der Waals surface area contributed by atoms with E-state index in [-0.39, 0.29) is 5.91 Å². The van der Waals surface area contributed by atoms with Crippen molar-refractivity contribution in [2.45, 2.75) is 19.8 Å². The van der Waals surface area contributed by atoms with Crippen LogP contribution in [0.1, 0.15) is 28.5 Å². The van der Waals surface area contributed by atoms with Crippen LogP contribution in [0.15, 0.2) is 28.8 Å². The Bertz CT molecular complexity index is 863. The Balaban J connectivity index is 1.66. The van der Waals surface area contributed by atoms with Crippen LogP contribution in [0.4, 0.5) is 0 Å². The van der Waals surface area contributed by atoms with E-state index >= 15 is 0 Å². The van der Waals surface area contributed by atoms with Crippen LogP contribution in [0.3, 0.4) is 0 Å². The number of benzene rings is 1. The first kappa shape index (κ1) is 13.7. The van der Waals surface area contributed by atoms with Crippen molar-refractivity contribution >= 4 is 5.91 Å². The number of aromatic amines is 1. The highest BCUT2D eigenvalue weighted by Gasteiger charge is 2.20. The van der Waals surface area contributed by atoms with Crippen molar-refractivity contribution < 1.29 is 9.32 Å². The molecule has 0 bridgehead atoms. The molecule has 0 saturated heterocycles. The zero-order valence-electron chi connectivity index (χ0n) is 12.6. The summed E-state index contributed by atoms with van der Waals surface area (Å²) in [4.78, 5) is 23.9. The predicted octanol–water partition coefficient (Wildman–Crippen LogP) is 2.11. The standard InChI is InChI=1S/C16H15N5O2/c1-9-18-15(21-23-9)11-6-4-10(5-7-11)14-19-12-3-2-8-17-16(22)13(12)20-14/h4-7H,2-3,8H2,1H3,(H,17,22)(H,19,20). The lowest BCUT2D eigenvalue weighted by atomic mass is 10.1. The van der Waals surface area contributed by atoms with Crippen molar-refractivity contribution in [3.8, 4) is 22.8 Å². The van der Waals surface area contributed by atoms with Gasteiger partial charge in [0.15, 0.2) is 0 Å². The molecule has 3 heterocycles. The van der Waals surface area contributed by atoms with E-state index in [2.05, 4.69) is 25.4 Å². The molecule has 0 unspecified atom stereocenters. The zero-order valence-corrected chi connectivity index (χ0v) is 12.6. The highest BCUT2D eigenvalue weighted by atomic mass is 16.5. The van der Waals surface area contributed by atoms with Gasteiger partial charge in [-0.3, -0.25) is 4.79 Å². The number of fused-ring (bicyclic) bond motifs is 1. The summed E-state index contributed by atoms with van der Waals surface area (Å²) in [6, 6.07) is 7.68. The SMILES string of the molecule is Cc1nc(-c2ccc(-c3nc4c([nH]3)CCCNC4=O)cc2)no1. The molecule has 2 aromatic heterocycles. The molecule has 0 atom stereocenters. The molecule has 1 amide bonds. The highest BCUT2D eigenvalue weighted by molar-refractivity contribution is 5.94. The average molecular weight is 309 g/mol. The molecule has 4 rings (SSSR count). The van der Waals surface area contributed by atoms with E-state index in [0.29, 0.717) is 29.8 Å². The maximum absolute atomic E-state index is 12.0. The van der Waals surface area contributed by atoms with E-state index in [9.17, 15) is 4.79 Å². The van der Waals surface area contributed by atoms with Gasteiger partial charge in [0.25, 0.3) is 5.91 Å². The van der Waals surface area contributed by atoms with Crippen LogP contribution in [0, 0.1) is 6.92 Å². The number of aromatic nitrogens is 4. The smallest absolute Gasteiger partial charge is 0.271 e. The van der Waals surface area contributed by atoms with Gasteiger partial charge in [-0.15, -0.1) is 0 Å². The van der Waals surface area contributed by atoms with Gasteiger partial charge in [-0.1, -0.05) is 29.4 Å². The third kappa shape index (κ3) is 2.50. The number of carbonyl (C=O) groups excluding carboxylic acids is 1. The number of hydrogen-bond acceptors (Lipinski definition) is 5. The molecule has 7 nitrogen and oxygen atoms in total. The Labute approximate surface area is 132 Å². The lowest BCUT2D eigenvalue weighted by Gasteiger charge is -2.00. The molecule has 0 fully saturated rings. The maximum Gasteiger partial charge on any atom is 0.271 e. The first-order valence-corrected chi connectivity index (χ1v) is 7.49. The molecule has 0 aliphatic carbocycles. The fourth-order valence-electron chi connectivity index (χ4n) is 2.66. The molecule has 1 aliphatic rings. The second-order valence-corrected chi connectivity index (χ2v) is 5.49. The summed E-state index contributed by atoms with van der Waals surface area (Å²) < 4.78 is 4.99. The van der Waals surface area contributed by atoms with Gasteiger partial charge in [-0.25, -0.2) is 4.98 Å². The molecule has 0 radical (unpaired) electrons. The van der Waals surface area contributed by atoms with Gasteiger partial charge in [0, 0.05) is 30.3 Å². The first-order chi connectivity index (χ1) is 11.2. The van der Waals surface area contributed by atoms with Gasteiger partial charge >= 0.3 is 0 Å². The Hall–Kier alpha value is -2.96. The summed E-state index contributed by atoms with van der Waals surface area (Å²) in [5, 5.41) is 6.75. The Morgan fingerprint density at radius 2 is 1.91 bits per heavy atom. The van der Waals surface area contributed by atoms with Crippen LogP contribution in [0.25, 0.3) is 22.8 Å². The molecule has 116 valence electrons. The van der Waals surface area contributed by atoms with Gasteiger partial charge < -0.3 is 14.8 Å². The zero-order chi connectivity index (χ0) is 15.8. The molecule has 7 heteroatoms. The summed E-state index contributed by atoms with van der Waals surface area (Å²) in [7, 11) is 0. The van der Waals surface area contributed by atoms with Crippen molar-refractivity contribution in [1.82, 2.24) is 25.4 Å². The Morgan fingerprint density at radius 1 is 1.13 bits per heavy atom. The third-order valence-electron chi connectivity index (χ3n) is 3.83. The predicted molar refractivity (Wildman–Crippen MR) is 82.7 cm³/mol. The topological polar surface area (TPSA) is 96.7 Å².